The Labute approximate surface area is 391 Å². The second-order valence-corrected chi connectivity index (χ2v) is 21.2. The molecule has 0 unspecified atom stereocenters. The summed E-state index contributed by atoms with van der Waals surface area (Å²) < 4.78 is 12.2. The van der Waals surface area contributed by atoms with E-state index >= 15 is 0 Å². The van der Waals surface area contributed by atoms with E-state index in [-0.39, 0.29) is 12.3 Å². The van der Waals surface area contributed by atoms with E-state index in [1.54, 1.807) is 0 Å². The summed E-state index contributed by atoms with van der Waals surface area (Å²) in [6, 6.07) is 57.6. The second kappa shape index (κ2) is 14.6. The first-order valence-corrected chi connectivity index (χ1v) is 24.5. The molecule has 66 heavy (non-hydrogen) atoms. The first-order chi connectivity index (χ1) is 32.1. The summed E-state index contributed by atoms with van der Waals surface area (Å²) in [5.41, 5.74) is 24.7. The molecule has 5 heteroatoms. The number of rotatable bonds is 7. The first kappa shape index (κ1) is 39.5. The molecule has 8 aromatic carbocycles. The van der Waals surface area contributed by atoms with E-state index in [4.69, 9.17) is 4.42 Å². The molecule has 0 aliphatic carbocycles. The van der Waals surface area contributed by atoms with Gasteiger partial charge in [-0.2, -0.15) is 0 Å². The molecule has 0 atom stereocenters. The van der Waals surface area contributed by atoms with Gasteiger partial charge in [-0.3, -0.25) is 0 Å². The highest BCUT2D eigenvalue weighted by Crippen LogP contribution is 2.49. The van der Waals surface area contributed by atoms with Crippen molar-refractivity contribution in [3.8, 4) is 22.3 Å². The lowest BCUT2D eigenvalue weighted by molar-refractivity contribution is 0.590. The lowest BCUT2D eigenvalue weighted by Crippen LogP contribution is -2.57. The number of nitrogens with zero attached hydrogens (tertiary/aromatic N) is 2. The second-order valence-electron chi connectivity index (χ2n) is 20.1. The molecule has 0 saturated heterocycles. The van der Waals surface area contributed by atoms with Gasteiger partial charge in [0.05, 0.1) is 5.52 Å². The Hall–Kier alpha value is -6.82. The molecule has 0 N–H and O–H groups in total. The van der Waals surface area contributed by atoms with Crippen molar-refractivity contribution in [2.75, 3.05) is 11.4 Å². The standard InChI is InChI=1S/C61H51BN2OS/c1-36-31-37(2)43(38(3)32-36)26-23-39-33-49-44-19-14-20-47-57(44)64(58-45-17-10-12-21-52(45)65-60(47)58)62-50-27-28-54-55(46-18-11-13-22-53(46)66-54)59(50)63(51(34-39)56(49)62)30-29-41-24-25-42(61(4,5)6)35-48(41)40-15-8-7-9-16-40/h7-22,24-25,27-28,31-35H,23,26,29-30H2,1-6H3. The minimum Gasteiger partial charge on any atom is -0.454 e. The van der Waals surface area contributed by atoms with Gasteiger partial charge in [0.25, 0.3) is 0 Å². The lowest BCUT2D eigenvalue weighted by Gasteiger charge is -2.41. The van der Waals surface area contributed by atoms with Crippen LogP contribution in [0.25, 0.3) is 75.4 Å². The van der Waals surface area contributed by atoms with E-state index < -0.39 is 0 Å². The number of hydrogen-bond donors (Lipinski definition) is 0. The Kier molecular flexibility index (Phi) is 8.74. The number of aromatic nitrogens is 1. The van der Waals surface area contributed by atoms with E-state index in [0.29, 0.717) is 0 Å². The van der Waals surface area contributed by atoms with Crippen molar-refractivity contribution in [2.45, 2.75) is 66.2 Å². The van der Waals surface area contributed by atoms with Crippen molar-refractivity contribution in [3.05, 3.63) is 191 Å². The maximum atomic E-state index is 6.87. The Morgan fingerprint density at radius 2 is 1.36 bits per heavy atom. The summed E-state index contributed by atoms with van der Waals surface area (Å²) in [6.45, 7) is 14.5. The average molecular weight is 871 g/mol. The zero-order valence-corrected chi connectivity index (χ0v) is 39.4. The Morgan fingerprint density at radius 1 is 0.606 bits per heavy atom. The fourth-order valence-corrected chi connectivity index (χ4v) is 13.1. The predicted molar refractivity (Wildman–Crippen MR) is 284 cm³/mol. The van der Waals surface area contributed by atoms with Crippen molar-refractivity contribution in [1.29, 1.82) is 0 Å². The summed E-state index contributed by atoms with van der Waals surface area (Å²) in [5, 5.41) is 5.04. The molecule has 0 fully saturated rings. The summed E-state index contributed by atoms with van der Waals surface area (Å²) in [5.74, 6) is 0. The molecule has 13 rings (SSSR count). The van der Waals surface area contributed by atoms with Crippen LogP contribution in [0.15, 0.2) is 156 Å². The molecule has 2 aliphatic rings. The molecule has 0 spiro atoms. The third-order valence-corrected chi connectivity index (χ3v) is 16.1. The maximum Gasteiger partial charge on any atom is 0.333 e. The van der Waals surface area contributed by atoms with Crippen LogP contribution < -0.4 is 15.8 Å². The van der Waals surface area contributed by atoms with Gasteiger partial charge in [-0.05, 0) is 143 Å². The Bertz CT molecular complexity index is 3780. The molecular formula is C61H51BN2OS. The molecule has 0 bridgehead atoms. The zero-order chi connectivity index (χ0) is 44.6. The maximum absolute atomic E-state index is 6.87. The van der Waals surface area contributed by atoms with E-state index in [9.17, 15) is 0 Å². The number of fused-ring (bicyclic) bond motifs is 13. The van der Waals surface area contributed by atoms with Crippen LogP contribution in [-0.2, 0) is 24.7 Å². The van der Waals surface area contributed by atoms with Gasteiger partial charge in [-0.25, -0.2) is 0 Å². The monoisotopic (exact) mass is 870 g/mol. The largest absolute Gasteiger partial charge is 0.454 e. The molecule has 0 saturated carbocycles. The number of anilines is 2. The highest BCUT2D eigenvalue weighted by Gasteiger charge is 2.44. The molecular weight excluding hydrogens is 820 g/mol. The van der Waals surface area contributed by atoms with E-state index in [0.717, 1.165) is 37.0 Å². The third kappa shape index (κ3) is 5.88. The molecule has 320 valence electrons. The summed E-state index contributed by atoms with van der Waals surface area (Å²) >= 11 is 1.92. The SMILES string of the molecule is Cc1cc(C)c(CCc2cc3c4c(c2)N(CCc2ccc(C(C)(C)C)cc2-c2ccccc2)c2c(ccc5sc6ccccc6c25)B4n2c4c-3cccc4c3oc4ccccc4c32)c(C)c1. The number of hydrogen-bond acceptors (Lipinski definition) is 3. The lowest BCUT2D eigenvalue weighted by atomic mass is 9.45. The van der Waals surface area contributed by atoms with Crippen molar-refractivity contribution in [2.24, 2.45) is 0 Å². The number of para-hydroxylation sites is 2. The van der Waals surface area contributed by atoms with Gasteiger partial charge in [0.1, 0.15) is 5.58 Å². The molecule has 5 heterocycles. The quantitative estimate of drug-likeness (QED) is 0.149. The van der Waals surface area contributed by atoms with Crippen LogP contribution in [-0.4, -0.2) is 17.9 Å². The van der Waals surface area contributed by atoms with E-state index in [2.05, 4.69) is 203 Å². The van der Waals surface area contributed by atoms with Gasteiger partial charge in [0.15, 0.2) is 5.58 Å². The van der Waals surface area contributed by atoms with Crippen molar-refractivity contribution in [3.63, 3.8) is 0 Å². The zero-order valence-electron chi connectivity index (χ0n) is 38.6. The summed E-state index contributed by atoms with van der Waals surface area (Å²) in [4.78, 5) is 2.75. The van der Waals surface area contributed by atoms with Gasteiger partial charge in [-0.15, -0.1) is 11.3 Å². The molecule has 0 amide bonds. The van der Waals surface area contributed by atoms with Crippen LogP contribution in [0.3, 0.4) is 0 Å². The van der Waals surface area contributed by atoms with Crippen LogP contribution in [0.5, 0.6) is 0 Å². The molecule has 3 aromatic heterocycles. The normalized spacial score (nSPS) is 13.2. The molecule has 11 aromatic rings. The van der Waals surface area contributed by atoms with Crippen LogP contribution in [0.1, 0.15) is 59.7 Å². The van der Waals surface area contributed by atoms with Crippen LogP contribution >= 0.6 is 11.3 Å². The number of benzene rings is 8. The number of aryl methyl sites for hydroxylation is 4. The van der Waals surface area contributed by atoms with Gasteiger partial charge < -0.3 is 13.8 Å². The van der Waals surface area contributed by atoms with Gasteiger partial charge in [0.2, 0.25) is 0 Å². The van der Waals surface area contributed by atoms with Crippen molar-refractivity contribution >= 4 is 93.6 Å². The predicted octanol–water partition coefficient (Wildman–Crippen LogP) is 14.9. The van der Waals surface area contributed by atoms with Gasteiger partial charge in [-0.1, -0.05) is 142 Å². The van der Waals surface area contributed by atoms with E-state index in [1.165, 1.54) is 125 Å². The smallest absolute Gasteiger partial charge is 0.333 e. The van der Waals surface area contributed by atoms with Crippen molar-refractivity contribution < 1.29 is 4.42 Å². The molecule has 0 radical (unpaired) electrons. The topological polar surface area (TPSA) is 21.3 Å². The first-order valence-electron chi connectivity index (χ1n) is 23.7. The van der Waals surface area contributed by atoms with E-state index in [1.807, 2.05) is 11.3 Å². The number of furan rings is 1. The summed E-state index contributed by atoms with van der Waals surface area (Å²) in [6.07, 6.45) is 2.84. The van der Waals surface area contributed by atoms with Gasteiger partial charge >= 0.3 is 6.85 Å². The minimum atomic E-state index is -0.0539. The Morgan fingerprint density at radius 3 is 2.18 bits per heavy atom. The van der Waals surface area contributed by atoms with Crippen LogP contribution in [0, 0.1) is 20.8 Å². The highest BCUT2D eigenvalue weighted by molar-refractivity contribution is 7.26. The molecule has 2 aliphatic heterocycles. The minimum absolute atomic E-state index is 0.0373. The van der Waals surface area contributed by atoms with Gasteiger partial charge in [0, 0.05) is 59.9 Å². The fourth-order valence-electron chi connectivity index (χ4n) is 12.0. The van der Waals surface area contributed by atoms with Crippen LogP contribution in [0.4, 0.5) is 11.4 Å². The highest BCUT2D eigenvalue weighted by atomic mass is 32.1. The Balaban J connectivity index is 1.09. The van der Waals surface area contributed by atoms with Crippen LogP contribution in [0.2, 0.25) is 0 Å². The summed E-state index contributed by atoms with van der Waals surface area (Å²) in [7, 11) is 0. The van der Waals surface area contributed by atoms with Crippen molar-refractivity contribution in [1.82, 2.24) is 4.48 Å². The number of thiophene rings is 1. The fraction of sp³-hybridized carbons (Fsp3) is 0.180. The third-order valence-electron chi connectivity index (χ3n) is 14.9. The average Bonchev–Trinajstić information content (AvgIpc) is 3.99. The molecule has 3 nitrogen and oxygen atoms in total.